The number of carbonyl (C=O) groups is 2. The zero-order chi connectivity index (χ0) is 25.0. The number of allylic oxidation sites excluding steroid dienone is 1. The van der Waals surface area contributed by atoms with Crippen LogP contribution in [-0.2, 0) is 0 Å². The van der Waals surface area contributed by atoms with Gasteiger partial charge in [-0.15, -0.1) is 6.58 Å². The molecule has 1 aromatic carbocycles. The zero-order valence-corrected chi connectivity index (χ0v) is 19.2. The molecule has 1 aliphatic heterocycles. The minimum Gasteiger partial charge on any atom is -0.502 e. The normalized spacial score (nSPS) is 14.1. The van der Waals surface area contributed by atoms with Crippen LogP contribution in [-0.4, -0.2) is 46.3 Å². The monoisotopic (exact) mass is 474 g/mol. The van der Waals surface area contributed by atoms with Gasteiger partial charge in [0.05, 0.1) is 6.04 Å². The van der Waals surface area contributed by atoms with Gasteiger partial charge in [0.25, 0.3) is 11.8 Å². The molecule has 0 radical (unpaired) electrons. The predicted molar refractivity (Wildman–Crippen MR) is 123 cm³/mol. The van der Waals surface area contributed by atoms with Crippen LogP contribution in [0.15, 0.2) is 41.8 Å². The molecule has 1 aliphatic rings. The summed E-state index contributed by atoms with van der Waals surface area (Å²) in [5, 5.41) is 15.0. The summed E-state index contributed by atoms with van der Waals surface area (Å²) in [7, 11) is 0. The van der Waals surface area contributed by atoms with Crippen LogP contribution in [0.25, 0.3) is 0 Å². The lowest BCUT2D eigenvalue weighted by Crippen LogP contribution is -2.54. The molecule has 34 heavy (non-hydrogen) atoms. The van der Waals surface area contributed by atoms with E-state index in [1.165, 1.54) is 21.8 Å². The maximum absolute atomic E-state index is 14.3. The largest absolute Gasteiger partial charge is 0.502 e. The number of hydrogen-bond acceptors (Lipinski definition) is 5. The first-order valence-corrected chi connectivity index (χ1v) is 11.1. The molecule has 2 amide bonds. The molecule has 2 N–H and O–H groups in total. The van der Waals surface area contributed by atoms with Crippen LogP contribution < -0.4 is 15.8 Å². The Morgan fingerprint density at radius 1 is 1.29 bits per heavy atom. The van der Waals surface area contributed by atoms with Gasteiger partial charge < -0.3 is 15.3 Å². The summed E-state index contributed by atoms with van der Waals surface area (Å²) in [6.45, 7) is 8.23. The topological polar surface area (TPSA) is 94.9 Å². The number of amides is 2. The molecule has 0 saturated heterocycles. The van der Waals surface area contributed by atoms with E-state index in [0.717, 1.165) is 12.1 Å². The number of aromatic nitrogens is 1. The number of carbonyl (C=O) groups excluding carboxylic acids is 2. The van der Waals surface area contributed by atoms with Gasteiger partial charge in [-0.05, 0) is 32.3 Å². The Hall–Kier alpha value is -3.69. The third-order valence-electron chi connectivity index (χ3n) is 5.80. The van der Waals surface area contributed by atoms with Crippen molar-refractivity contribution >= 4 is 11.8 Å². The van der Waals surface area contributed by atoms with E-state index >= 15 is 0 Å². The second-order valence-electron chi connectivity index (χ2n) is 7.98. The van der Waals surface area contributed by atoms with Gasteiger partial charge in [-0.3, -0.25) is 24.1 Å². The van der Waals surface area contributed by atoms with Crippen LogP contribution in [0.4, 0.5) is 8.78 Å². The quantitative estimate of drug-likeness (QED) is 0.430. The van der Waals surface area contributed by atoms with Crippen molar-refractivity contribution in [3.8, 4) is 5.75 Å². The minimum atomic E-state index is -1.00. The lowest BCUT2D eigenvalue weighted by atomic mass is 10.0. The molecule has 10 heteroatoms. The first kappa shape index (κ1) is 24.9. The number of unbranched alkanes of at least 4 members (excludes halogenated alkanes) is 1. The van der Waals surface area contributed by atoms with Crippen LogP contribution in [0.3, 0.4) is 0 Å². The molecule has 1 aromatic heterocycles. The van der Waals surface area contributed by atoms with Crippen molar-refractivity contribution in [2.75, 3.05) is 24.8 Å². The van der Waals surface area contributed by atoms with E-state index in [4.69, 9.17) is 0 Å². The third kappa shape index (κ3) is 4.80. The first-order chi connectivity index (χ1) is 16.2. The Labute approximate surface area is 196 Å². The van der Waals surface area contributed by atoms with Gasteiger partial charge in [0.15, 0.2) is 11.4 Å². The van der Waals surface area contributed by atoms with Gasteiger partial charge in [-0.25, -0.2) is 8.78 Å². The molecule has 1 atom stereocenters. The molecule has 3 rings (SSSR count). The van der Waals surface area contributed by atoms with E-state index in [2.05, 4.69) is 11.9 Å². The molecular formula is C24H28F2N4O4. The van der Waals surface area contributed by atoms with E-state index in [1.807, 2.05) is 0 Å². The Morgan fingerprint density at radius 2 is 2.03 bits per heavy atom. The minimum absolute atomic E-state index is 0.0688. The molecule has 2 aromatic rings. The molecule has 182 valence electrons. The van der Waals surface area contributed by atoms with Crippen LogP contribution in [0, 0.1) is 11.6 Å². The average molecular weight is 475 g/mol. The highest BCUT2D eigenvalue weighted by Crippen LogP contribution is 2.24. The lowest BCUT2D eigenvalue weighted by Gasteiger charge is -2.39. The molecule has 2 heterocycles. The third-order valence-corrected chi connectivity index (χ3v) is 5.80. The number of hydrogen-bond donors (Lipinski definition) is 2. The molecular weight excluding hydrogens is 446 g/mol. The van der Waals surface area contributed by atoms with Gasteiger partial charge in [0.1, 0.15) is 23.9 Å². The summed E-state index contributed by atoms with van der Waals surface area (Å²) in [5.41, 5.74) is -1.55. The molecule has 0 unspecified atom stereocenters. The summed E-state index contributed by atoms with van der Waals surface area (Å²) in [6, 6.07) is 2.20. The van der Waals surface area contributed by atoms with Gasteiger partial charge in [0.2, 0.25) is 5.43 Å². The van der Waals surface area contributed by atoms with Crippen molar-refractivity contribution in [1.82, 2.24) is 14.9 Å². The number of aromatic hydroxyl groups is 1. The van der Waals surface area contributed by atoms with Crippen LogP contribution in [0.5, 0.6) is 5.75 Å². The number of nitrogens with zero attached hydrogens (tertiary/aromatic N) is 3. The second-order valence-corrected chi connectivity index (χ2v) is 7.98. The maximum atomic E-state index is 14.3. The fraction of sp³-hybridized carbons (Fsp3) is 0.375. The van der Waals surface area contributed by atoms with E-state index in [1.54, 1.807) is 24.9 Å². The number of halogens is 2. The summed E-state index contributed by atoms with van der Waals surface area (Å²) >= 11 is 0. The van der Waals surface area contributed by atoms with Crippen molar-refractivity contribution in [3.63, 3.8) is 0 Å². The highest BCUT2D eigenvalue weighted by Gasteiger charge is 2.34. The van der Waals surface area contributed by atoms with Crippen molar-refractivity contribution in [3.05, 3.63) is 75.7 Å². The van der Waals surface area contributed by atoms with Gasteiger partial charge >= 0.3 is 0 Å². The fourth-order valence-corrected chi connectivity index (χ4v) is 3.91. The van der Waals surface area contributed by atoms with Crippen LogP contribution >= 0.6 is 0 Å². The lowest BCUT2D eigenvalue weighted by molar-refractivity contribution is 0.0695. The van der Waals surface area contributed by atoms with Crippen molar-refractivity contribution in [2.24, 2.45) is 0 Å². The van der Waals surface area contributed by atoms with Gasteiger partial charge in [-0.2, -0.15) is 0 Å². The number of fused-ring (bicyclic) bond motifs is 1. The predicted octanol–water partition coefficient (Wildman–Crippen LogP) is 3.05. The Bertz CT molecular complexity index is 1160. The molecule has 0 bridgehead atoms. The summed E-state index contributed by atoms with van der Waals surface area (Å²) in [6.07, 6.45) is 4.66. The summed E-state index contributed by atoms with van der Waals surface area (Å²) < 4.78 is 28.9. The molecule has 0 aliphatic carbocycles. The summed E-state index contributed by atoms with van der Waals surface area (Å²) in [5.74, 6) is -3.77. The summed E-state index contributed by atoms with van der Waals surface area (Å²) in [4.78, 5) is 40.2. The van der Waals surface area contributed by atoms with Crippen molar-refractivity contribution in [2.45, 2.75) is 39.2 Å². The van der Waals surface area contributed by atoms with Crippen LogP contribution in [0.2, 0.25) is 0 Å². The first-order valence-electron chi connectivity index (χ1n) is 11.1. The van der Waals surface area contributed by atoms with Gasteiger partial charge in [0, 0.05) is 30.9 Å². The number of pyridine rings is 1. The standard InChI is InChI=1S/C24H28F2N4O4/c1-4-7-8-11-29-14-28(6-3)24(34)20-22(32)21(31)17(13-30(20)29)23(33)27-19(5-2)16-10-9-15(25)12-18(16)26/h4,9-10,12-13,19,32H,1,5-8,11,14H2,2-3H3,(H,27,33)/t19-/m1/s1. The van der Waals surface area contributed by atoms with E-state index in [0.29, 0.717) is 25.9 Å². The van der Waals surface area contributed by atoms with E-state index < -0.39 is 46.2 Å². The Kier molecular flexibility index (Phi) is 7.70. The molecule has 0 saturated carbocycles. The average Bonchev–Trinajstić information content (AvgIpc) is 2.81. The van der Waals surface area contributed by atoms with E-state index in [9.17, 15) is 28.3 Å². The molecule has 8 nitrogen and oxygen atoms in total. The van der Waals surface area contributed by atoms with Crippen molar-refractivity contribution in [1.29, 1.82) is 0 Å². The SMILES string of the molecule is C=CCCCN1CN(CC)C(=O)c2c(O)c(=O)c(C(=O)N[C@H](CC)c3ccc(F)cc3F)cn21. The second kappa shape index (κ2) is 10.5. The van der Waals surface area contributed by atoms with Gasteiger partial charge in [-0.1, -0.05) is 19.1 Å². The Balaban J connectivity index is 2.00. The fourth-order valence-electron chi connectivity index (χ4n) is 3.91. The number of nitrogens with one attached hydrogen (secondary N) is 1. The maximum Gasteiger partial charge on any atom is 0.277 e. The molecule has 0 fully saturated rings. The molecule has 0 spiro atoms. The highest BCUT2D eigenvalue weighted by molar-refractivity contribution is 5.99. The smallest absolute Gasteiger partial charge is 0.277 e. The number of benzene rings is 1. The van der Waals surface area contributed by atoms with Crippen LogP contribution in [0.1, 0.15) is 65.6 Å². The highest BCUT2D eigenvalue weighted by atomic mass is 19.1. The number of rotatable bonds is 9. The Morgan fingerprint density at radius 3 is 2.65 bits per heavy atom. The van der Waals surface area contributed by atoms with E-state index in [-0.39, 0.29) is 24.3 Å². The van der Waals surface area contributed by atoms with Crippen molar-refractivity contribution < 1.29 is 23.5 Å². The zero-order valence-electron chi connectivity index (χ0n) is 19.2.